The molecule has 3 heterocycles. The van der Waals surface area contributed by atoms with Gasteiger partial charge in [0, 0.05) is 41.0 Å². The van der Waals surface area contributed by atoms with Crippen molar-refractivity contribution in [2.75, 3.05) is 13.1 Å². The summed E-state index contributed by atoms with van der Waals surface area (Å²) < 4.78 is 24.1. The van der Waals surface area contributed by atoms with E-state index in [9.17, 15) is 14.7 Å². The smallest absolute Gasteiger partial charge is 0.410 e. The van der Waals surface area contributed by atoms with Crippen molar-refractivity contribution in [1.82, 2.24) is 14.5 Å². The number of carbonyl (C=O) groups excluding carboxylic acids is 1. The summed E-state index contributed by atoms with van der Waals surface area (Å²) in [6.07, 6.45) is 4.94. The van der Waals surface area contributed by atoms with Crippen molar-refractivity contribution >= 4 is 28.5 Å². The molecule has 1 amide bonds. The molecule has 1 N–H and O–H groups in total. The molecule has 0 bridgehead atoms. The summed E-state index contributed by atoms with van der Waals surface area (Å²) in [5, 5.41) is 10.2. The van der Waals surface area contributed by atoms with E-state index >= 15 is 4.39 Å². The molecule has 3 aromatic rings. The molecule has 2 aliphatic rings. The van der Waals surface area contributed by atoms with Crippen molar-refractivity contribution in [3.05, 3.63) is 58.8 Å². The fraction of sp³-hybridized carbons (Fsp3) is 0.452. The lowest BCUT2D eigenvalue weighted by molar-refractivity contribution is 0.0272. The molecule has 0 radical (unpaired) electrons. The summed E-state index contributed by atoms with van der Waals surface area (Å²) in [5.74, 6) is -1.13. The van der Waals surface area contributed by atoms with E-state index in [0.29, 0.717) is 54.2 Å². The molecular formula is C31H36FN3O4. The summed E-state index contributed by atoms with van der Waals surface area (Å²) in [6, 6.07) is 6.94. The summed E-state index contributed by atoms with van der Waals surface area (Å²) in [6.45, 7) is 10.7. The van der Waals surface area contributed by atoms with Crippen LogP contribution < -0.4 is 0 Å². The molecule has 8 heteroatoms. The summed E-state index contributed by atoms with van der Waals surface area (Å²) in [4.78, 5) is 31.4. The highest BCUT2D eigenvalue weighted by Crippen LogP contribution is 2.42. The van der Waals surface area contributed by atoms with Gasteiger partial charge in [0.25, 0.3) is 0 Å². The Morgan fingerprint density at radius 2 is 1.92 bits per heavy atom. The van der Waals surface area contributed by atoms with E-state index < -0.39 is 23.5 Å². The molecule has 1 fully saturated rings. The van der Waals surface area contributed by atoms with E-state index in [1.165, 1.54) is 6.07 Å². The maximum Gasteiger partial charge on any atom is 0.410 e. The molecule has 1 aliphatic heterocycles. The molecule has 0 saturated heterocycles. The van der Waals surface area contributed by atoms with Gasteiger partial charge in [-0.05, 0) is 83.1 Å². The number of rotatable bonds is 6. The van der Waals surface area contributed by atoms with Crippen LogP contribution in [0.2, 0.25) is 0 Å². The first-order chi connectivity index (χ1) is 18.5. The van der Waals surface area contributed by atoms with Crippen LogP contribution in [0, 0.1) is 18.7 Å². The van der Waals surface area contributed by atoms with Gasteiger partial charge in [0.15, 0.2) is 5.82 Å². The monoisotopic (exact) mass is 533 g/mol. The minimum Gasteiger partial charge on any atom is -0.478 e. The summed E-state index contributed by atoms with van der Waals surface area (Å²) >= 11 is 0. The van der Waals surface area contributed by atoms with Gasteiger partial charge in [-0.15, -0.1) is 0 Å². The van der Waals surface area contributed by atoms with Gasteiger partial charge in [0.2, 0.25) is 0 Å². The normalized spacial score (nSPS) is 15.9. The maximum atomic E-state index is 16.5. The van der Waals surface area contributed by atoms with Crippen molar-refractivity contribution in [1.29, 1.82) is 0 Å². The number of amides is 1. The second kappa shape index (κ2) is 10.1. The minimum absolute atomic E-state index is 0.0298. The molecule has 1 saturated carbocycles. The summed E-state index contributed by atoms with van der Waals surface area (Å²) in [7, 11) is 0. The van der Waals surface area contributed by atoms with E-state index in [1.54, 1.807) is 11.0 Å². The van der Waals surface area contributed by atoms with Crippen LogP contribution >= 0.6 is 0 Å². The number of hydrogen-bond donors (Lipinski definition) is 1. The number of nitrogens with zero attached hydrogens (tertiary/aromatic N) is 3. The number of aromatic nitrogens is 2. The third kappa shape index (κ3) is 5.42. The number of carboxylic acids is 1. The Hall–Kier alpha value is -3.68. The number of carbonyl (C=O) groups is 2. The zero-order valence-corrected chi connectivity index (χ0v) is 23.3. The first kappa shape index (κ1) is 26.9. The van der Waals surface area contributed by atoms with E-state index in [1.807, 2.05) is 57.4 Å². The van der Waals surface area contributed by atoms with Gasteiger partial charge in [0.1, 0.15) is 5.60 Å². The van der Waals surface area contributed by atoms with E-state index in [4.69, 9.17) is 9.72 Å². The average Bonchev–Trinajstić information content (AvgIpc) is 3.66. The maximum absolute atomic E-state index is 16.5. The highest BCUT2D eigenvalue weighted by atomic mass is 19.1. The zero-order valence-electron chi connectivity index (χ0n) is 23.3. The van der Waals surface area contributed by atoms with Gasteiger partial charge in [-0.2, -0.15) is 0 Å². The van der Waals surface area contributed by atoms with Gasteiger partial charge in [-0.3, -0.25) is 4.98 Å². The van der Waals surface area contributed by atoms with Gasteiger partial charge < -0.3 is 19.3 Å². The van der Waals surface area contributed by atoms with Crippen LogP contribution in [0.5, 0.6) is 0 Å². The van der Waals surface area contributed by atoms with E-state index in [2.05, 4.69) is 0 Å². The second-order valence-corrected chi connectivity index (χ2v) is 11.7. The number of aromatic carboxylic acids is 1. The molecule has 1 aromatic carbocycles. The predicted octanol–water partition coefficient (Wildman–Crippen LogP) is 6.85. The Morgan fingerprint density at radius 3 is 2.56 bits per heavy atom. The third-order valence-electron chi connectivity index (χ3n) is 7.32. The molecule has 0 spiro atoms. The number of ether oxygens (including phenoxy) is 1. The molecular weight excluding hydrogens is 497 g/mol. The molecule has 206 valence electrons. The lowest BCUT2D eigenvalue weighted by Crippen LogP contribution is -2.40. The Morgan fingerprint density at radius 1 is 1.18 bits per heavy atom. The lowest BCUT2D eigenvalue weighted by atomic mass is 9.97. The topological polar surface area (TPSA) is 84.7 Å². The van der Waals surface area contributed by atoms with Crippen LogP contribution in [0.4, 0.5) is 9.18 Å². The molecule has 2 aromatic heterocycles. The molecule has 5 rings (SSSR count). The largest absolute Gasteiger partial charge is 0.478 e. The number of fused-ring (bicyclic) bond motifs is 1. The van der Waals surface area contributed by atoms with Crippen LogP contribution in [-0.4, -0.2) is 50.3 Å². The third-order valence-corrected chi connectivity index (χ3v) is 7.32. The van der Waals surface area contributed by atoms with Crippen molar-refractivity contribution in [3.8, 4) is 11.1 Å². The fourth-order valence-electron chi connectivity index (χ4n) is 5.36. The van der Waals surface area contributed by atoms with Crippen molar-refractivity contribution in [3.63, 3.8) is 0 Å². The lowest BCUT2D eigenvalue weighted by Gasteiger charge is -2.30. The van der Waals surface area contributed by atoms with E-state index in [0.717, 1.165) is 29.8 Å². The van der Waals surface area contributed by atoms with Crippen LogP contribution in [0.3, 0.4) is 0 Å². The molecule has 39 heavy (non-hydrogen) atoms. The van der Waals surface area contributed by atoms with Crippen LogP contribution in [0.25, 0.3) is 27.6 Å². The average molecular weight is 534 g/mol. The standard InChI is InChI=1S/C31H36FN3O4/c1-6-25-22(12-9-18(2)33-25)23-14-21(29(36)37)15-24-26(32)27(35(28(23)24)16-19-10-11-19)20-8-7-13-34(17-20)30(38)39-31(3,4)5/h8-9,12,14-15,19H,6-7,10-11,13,16-17H2,1-5H3,(H,36,37). The molecule has 1 aliphatic carbocycles. The van der Waals surface area contributed by atoms with Crippen molar-refractivity contribution < 1.29 is 23.8 Å². The van der Waals surface area contributed by atoms with Crippen molar-refractivity contribution in [2.24, 2.45) is 5.92 Å². The Balaban J connectivity index is 1.72. The Labute approximate surface area is 228 Å². The first-order valence-corrected chi connectivity index (χ1v) is 13.7. The predicted molar refractivity (Wildman–Crippen MR) is 149 cm³/mol. The quantitative estimate of drug-likeness (QED) is 0.375. The number of aryl methyl sites for hydroxylation is 2. The number of hydrogen-bond acceptors (Lipinski definition) is 4. The van der Waals surface area contributed by atoms with E-state index in [-0.39, 0.29) is 17.5 Å². The second-order valence-electron chi connectivity index (χ2n) is 11.7. The van der Waals surface area contributed by atoms with Gasteiger partial charge in [-0.25, -0.2) is 14.0 Å². The highest BCUT2D eigenvalue weighted by molar-refractivity contribution is 6.04. The highest BCUT2D eigenvalue weighted by Gasteiger charge is 2.32. The molecule has 7 nitrogen and oxygen atoms in total. The van der Waals surface area contributed by atoms with Gasteiger partial charge in [0.05, 0.1) is 23.3 Å². The Bertz CT molecular complexity index is 1490. The molecule has 0 atom stereocenters. The molecule has 0 unspecified atom stereocenters. The Kier molecular flexibility index (Phi) is 6.99. The zero-order chi connectivity index (χ0) is 28.1. The summed E-state index contributed by atoms with van der Waals surface area (Å²) in [5.41, 5.74) is 4.40. The minimum atomic E-state index is -1.11. The van der Waals surface area contributed by atoms with Gasteiger partial charge in [-0.1, -0.05) is 19.1 Å². The number of halogens is 1. The fourth-order valence-corrected chi connectivity index (χ4v) is 5.36. The van der Waals surface area contributed by atoms with Crippen molar-refractivity contribution in [2.45, 2.75) is 72.4 Å². The SMILES string of the molecule is CCc1nc(C)ccc1-c1cc(C(=O)O)cc2c(F)c(C3=CCCN(C(=O)OC(C)(C)C)C3)n(CC3CC3)c12. The number of carboxylic acid groups (broad SMARTS) is 1. The first-order valence-electron chi connectivity index (χ1n) is 13.7. The van der Waals surface area contributed by atoms with Crippen LogP contribution in [-0.2, 0) is 17.7 Å². The van der Waals surface area contributed by atoms with Crippen LogP contribution in [0.15, 0.2) is 30.3 Å². The number of pyridine rings is 1. The van der Waals surface area contributed by atoms with Crippen LogP contribution in [0.1, 0.15) is 74.4 Å². The number of benzene rings is 1. The van der Waals surface area contributed by atoms with Gasteiger partial charge >= 0.3 is 12.1 Å².